The summed E-state index contributed by atoms with van der Waals surface area (Å²) in [5.41, 5.74) is 3.21. The van der Waals surface area contributed by atoms with Crippen LogP contribution in [0.2, 0.25) is 0 Å². The lowest BCUT2D eigenvalue weighted by atomic mass is 10.1. The second-order valence-electron chi connectivity index (χ2n) is 5.84. The second-order valence-corrected chi connectivity index (χ2v) is 5.84. The van der Waals surface area contributed by atoms with Crippen molar-refractivity contribution in [1.29, 1.82) is 0 Å². The van der Waals surface area contributed by atoms with Crippen molar-refractivity contribution in [3.8, 4) is 16.9 Å². The predicted octanol–water partition coefficient (Wildman–Crippen LogP) is 3.02. The van der Waals surface area contributed by atoms with E-state index in [0.29, 0.717) is 23.2 Å². The van der Waals surface area contributed by atoms with Gasteiger partial charge in [-0.25, -0.2) is 4.39 Å². The Kier molecular flexibility index (Phi) is 4.22. The van der Waals surface area contributed by atoms with Crippen LogP contribution in [0.15, 0.2) is 42.9 Å². The number of hydrogen-bond acceptors (Lipinski definition) is 5. The molecule has 0 aliphatic rings. The van der Waals surface area contributed by atoms with E-state index in [1.807, 2.05) is 0 Å². The van der Waals surface area contributed by atoms with Gasteiger partial charge >= 0.3 is 6.61 Å². The Labute approximate surface area is 151 Å². The fraction of sp³-hybridized carbons (Fsp3) is 0.176. The number of aromatic nitrogens is 6. The van der Waals surface area contributed by atoms with Crippen molar-refractivity contribution in [3.05, 3.63) is 54.4 Å². The van der Waals surface area contributed by atoms with Gasteiger partial charge in [0.05, 0.1) is 18.3 Å². The Morgan fingerprint density at radius 3 is 2.74 bits per heavy atom. The molecule has 0 saturated carbocycles. The summed E-state index contributed by atoms with van der Waals surface area (Å²) in [6.07, 6.45) is 4.96. The van der Waals surface area contributed by atoms with Gasteiger partial charge in [0.1, 0.15) is 11.2 Å². The average molecular weight is 374 g/mol. The van der Waals surface area contributed by atoms with E-state index in [2.05, 4.69) is 25.1 Å². The molecule has 4 aromatic rings. The molecule has 10 heteroatoms. The van der Waals surface area contributed by atoms with E-state index in [0.717, 1.165) is 17.3 Å². The van der Waals surface area contributed by atoms with Crippen molar-refractivity contribution in [2.45, 2.75) is 13.2 Å². The van der Waals surface area contributed by atoms with E-state index in [9.17, 15) is 13.2 Å². The maximum Gasteiger partial charge on any atom is 0.387 e. The molecule has 0 aliphatic carbocycles. The van der Waals surface area contributed by atoms with Crippen molar-refractivity contribution >= 4 is 11.0 Å². The van der Waals surface area contributed by atoms with Crippen LogP contribution in [-0.2, 0) is 13.6 Å². The number of aryl methyl sites for hydroxylation is 1. The summed E-state index contributed by atoms with van der Waals surface area (Å²) in [6, 6.07) is 5.56. The molecule has 7 nitrogen and oxygen atoms in total. The fourth-order valence-electron chi connectivity index (χ4n) is 2.73. The van der Waals surface area contributed by atoms with Crippen LogP contribution >= 0.6 is 0 Å². The summed E-state index contributed by atoms with van der Waals surface area (Å²) in [5, 5.41) is 12.2. The minimum Gasteiger partial charge on any atom is -0.432 e. The van der Waals surface area contributed by atoms with Gasteiger partial charge in [-0.3, -0.25) is 14.3 Å². The molecule has 0 saturated heterocycles. The van der Waals surface area contributed by atoms with Crippen LogP contribution in [0.25, 0.3) is 22.2 Å². The quantitative estimate of drug-likeness (QED) is 0.537. The normalized spacial score (nSPS) is 11.4. The van der Waals surface area contributed by atoms with E-state index in [-0.39, 0.29) is 0 Å². The van der Waals surface area contributed by atoms with Crippen LogP contribution in [0.5, 0.6) is 5.75 Å². The highest BCUT2D eigenvalue weighted by molar-refractivity contribution is 5.80. The zero-order valence-electron chi connectivity index (χ0n) is 14.1. The number of halogens is 3. The highest BCUT2D eigenvalue weighted by atomic mass is 19.3. The molecule has 138 valence electrons. The minimum atomic E-state index is -3.11. The van der Waals surface area contributed by atoms with Crippen LogP contribution in [-0.4, -0.2) is 36.4 Å². The van der Waals surface area contributed by atoms with Crippen LogP contribution in [0.1, 0.15) is 5.69 Å². The zero-order valence-corrected chi connectivity index (χ0v) is 14.1. The summed E-state index contributed by atoms with van der Waals surface area (Å²) >= 11 is 0. The Morgan fingerprint density at radius 2 is 2.00 bits per heavy atom. The van der Waals surface area contributed by atoms with Crippen molar-refractivity contribution < 1.29 is 17.9 Å². The number of fused-ring (bicyclic) bond motifs is 1. The third-order valence-corrected chi connectivity index (χ3v) is 3.94. The summed E-state index contributed by atoms with van der Waals surface area (Å²) < 4.78 is 46.0. The van der Waals surface area contributed by atoms with Gasteiger partial charge in [0.25, 0.3) is 0 Å². The number of ether oxygens (including phenoxy) is 1. The number of nitrogens with zero attached hydrogens (tertiary/aromatic N) is 6. The van der Waals surface area contributed by atoms with E-state index >= 15 is 0 Å². The molecule has 0 unspecified atom stereocenters. The predicted molar refractivity (Wildman–Crippen MR) is 89.7 cm³/mol. The van der Waals surface area contributed by atoms with Gasteiger partial charge in [-0.1, -0.05) is 11.3 Å². The average Bonchev–Trinajstić information content (AvgIpc) is 3.23. The smallest absolute Gasteiger partial charge is 0.387 e. The molecule has 3 aromatic heterocycles. The highest BCUT2D eigenvalue weighted by Gasteiger charge is 2.13. The maximum absolute atomic E-state index is 13.7. The van der Waals surface area contributed by atoms with Gasteiger partial charge in [0, 0.05) is 25.0 Å². The molecule has 0 fully saturated rings. The monoisotopic (exact) mass is 374 g/mol. The van der Waals surface area contributed by atoms with Crippen molar-refractivity contribution in [1.82, 2.24) is 29.8 Å². The van der Waals surface area contributed by atoms with E-state index in [1.165, 1.54) is 12.1 Å². The van der Waals surface area contributed by atoms with Crippen molar-refractivity contribution in [3.63, 3.8) is 0 Å². The second kappa shape index (κ2) is 6.71. The molecule has 0 amide bonds. The number of hydrogen-bond donors (Lipinski definition) is 0. The molecule has 0 aliphatic heterocycles. The van der Waals surface area contributed by atoms with Gasteiger partial charge < -0.3 is 4.74 Å². The van der Waals surface area contributed by atoms with Crippen LogP contribution < -0.4 is 4.74 Å². The zero-order chi connectivity index (χ0) is 19.0. The molecule has 27 heavy (non-hydrogen) atoms. The molecular formula is C17H13F3N6O. The Morgan fingerprint density at radius 1 is 1.15 bits per heavy atom. The lowest BCUT2D eigenvalue weighted by Gasteiger charge is -2.09. The first-order valence-corrected chi connectivity index (χ1v) is 7.91. The Bertz CT molecular complexity index is 1110. The van der Waals surface area contributed by atoms with Gasteiger partial charge in [-0.05, 0) is 23.8 Å². The molecular weight excluding hydrogens is 361 g/mol. The lowest BCUT2D eigenvalue weighted by Crippen LogP contribution is -2.04. The topological polar surface area (TPSA) is 70.7 Å². The molecule has 3 heterocycles. The number of pyridine rings is 1. The SMILES string of the molecule is Cn1cc(Cn2ncc3ncc(-c4ccc(F)c(OC(F)F)c4)cc32)nn1. The molecule has 4 rings (SSSR count). The third kappa shape index (κ3) is 3.46. The molecule has 0 atom stereocenters. The first-order valence-electron chi connectivity index (χ1n) is 7.91. The first-order chi connectivity index (χ1) is 13.0. The summed E-state index contributed by atoms with van der Waals surface area (Å²) in [7, 11) is 1.77. The van der Waals surface area contributed by atoms with E-state index in [4.69, 9.17) is 0 Å². The van der Waals surface area contributed by atoms with Crippen LogP contribution in [0, 0.1) is 5.82 Å². The van der Waals surface area contributed by atoms with Gasteiger partial charge in [-0.15, -0.1) is 5.10 Å². The standard InChI is InChI=1S/C17H13F3N6O/c1-25-8-12(23-24-25)9-26-15-4-11(6-21-14(15)7-22-26)10-2-3-13(18)16(5-10)27-17(19)20/h2-8,17H,9H2,1H3. The summed E-state index contributed by atoms with van der Waals surface area (Å²) in [5.74, 6) is -1.38. The van der Waals surface area contributed by atoms with E-state index < -0.39 is 18.2 Å². The molecule has 0 spiro atoms. The minimum absolute atomic E-state index is 0.394. The maximum atomic E-state index is 13.7. The fourth-order valence-corrected chi connectivity index (χ4v) is 2.73. The molecule has 0 N–H and O–H groups in total. The molecule has 0 radical (unpaired) electrons. The van der Waals surface area contributed by atoms with Crippen LogP contribution in [0.3, 0.4) is 0 Å². The van der Waals surface area contributed by atoms with Crippen molar-refractivity contribution in [2.75, 3.05) is 0 Å². The molecule has 0 bridgehead atoms. The Balaban J connectivity index is 1.72. The van der Waals surface area contributed by atoms with Gasteiger partial charge in [0.15, 0.2) is 11.6 Å². The van der Waals surface area contributed by atoms with Gasteiger partial charge in [0.2, 0.25) is 0 Å². The van der Waals surface area contributed by atoms with E-state index in [1.54, 1.807) is 41.1 Å². The number of benzene rings is 1. The summed E-state index contributed by atoms with van der Waals surface area (Å²) in [6.45, 7) is -2.71. The largest absolute Gasteiger partial charge is 0.432 e. The van der Waals surface area contributed by atoms with Crippen molar-refractivity contribution in [2.24, 2.45) is 7.05 Å². The summed E-state index contributed by atoms with van der Waals surface area (Å²) in [4.78, 5) is 4.33. The van der Waals surface area contributed by atoms with Gasteiger partial charge in [-0.2, -0.15) is 13.9 Å². The highest BCUT2D eigenvalue weighted by Crippen LogP contribution is 2.29. The molecule has 1 aromatic carbocycles. The first kappa shape index (κ1) is 17.0. The number of alkyl halides is 2. The number of rotatable bonds is 5. The Hall–Kier alpha value is -3.43. The van der Waals surface area contributed by atoms with Crippen LogP contribution in [0.4, 0.5) is 13.2 Å². The lowest BCUT2D eigenvalue weighted by molar-refractivity contribution is -0.0521. The third-order valence-electron chi connectivity index (χ3n) is 3.94.